The van der Waals surface area contributed by atoms with Crippen molar-refractivity contribution in [1.29, 1.82) is 0 Å². The average molecular weight is 260 g/mol. The summed E-state index contributed by atoms with van der Waals surface area (Å²) in [5, 5.41) is 9.43. The number of carboxylic acids is 1. The standard InChI is InChI=1S/C15H20N2O2/c18-15(19)12-10-11-6-2-3-7-13(11)16-14(12)17-8-4-1-5-9-17/h10H,1-9H2,(H,18,19). The molecule has 1 aromatic rings. The summed E-state index contributed by atoms with van der Waals surface area (Å²) in [6.45, 7) is 1.87. The van der Waals surface area contributed by atoms with Crippen LogP contribution in [0, 0.1) is 0 Å². The number of fused-ring (bicyclic) bond motifs is 1. The van der Waals surface area contributed by atoms with Gasteiger partial charge in [-0.05, 0) is 56.6 Å². The second-order valence-corrected chi connectivity index (χ2v) is 5.53. The minimum atomic E-state index is -0.846. The molecule has 3 rings (SSSR count). The maximum atomic E-state index is 11.5. The van der Waals surface area contributed by atoms with E-state index >= 15 is 0 Å². The SMILES string of the molecule is O=C(O)c1cc2c(nc1N1CCCCC1)CCCC2. The Morgan fingerprint density at radius 2 is 1.84 bits per heavy atom. The molecule has 0 unspecified atom stereocenters. The van der Waals surface area contributed by atoms with E-state index in [0.717, 1.165) is 56.5 Å². The second kappa shape index (κ2) is 5.19. The fourth-order valence-corrected chi connectivity index (χ4v) is 3.13. The number of piperidine rings is 1. The molecule has 1 fully saturated rings. The first-order chi connectivity index (χ1) is 9.25. The molecule has 4 heteroatoms. The topological polar surface area (TPSA) is 53.4 Å². The molecule has 2 heterocycles. The molecule has 0 bridgehead atoms. The van der Waals surface area contributed by atoms with E-state index in [4.69, 9.17) is 4.98 Å². The van der Waals surface area contributed by atoms with Gasteiger partial charge >= 0.3 is 5.97 Å². The Labute approximate surface area is 113 Å². The minimum absolute atomic E-state index is 0.391. The Morgan fingerprint density at radius 1 is 1.11 bits per heavy atom. The Hall–Kier alpha value is -1.58. The van der Waals surface area contributed by atoms with Crippen LogP contribution in [-0.2, 0) is 12.8 Å². The largest absolute Gasteiger partial charge is 0.478 e. The summed E-state index contributed by atoms with van der Waals surface area (Å²) < 4.78 is 0. The molecule has 19 heavy (non-hydrogen) atoms. The van der Waals surface area contributed by atoms with Crippen LogP contribution >= 0.6 is 0 Å². The molecule has 1 aliphatic heterocycles. The minimum Gasteiger partial charge on any atom is -0.478 e. The number of aromatic nitrogens is 1. The summed E-state index contributed by atoms with van der Waals surface area (Å²) in [7, 11) is 0. The Balaban J connectivity index is 2.02. The van der Waals surface area contributed by atoms with Gasteiger partial charge in [-0.15, -0.1) is 0 Å². The first-order valence-corrected chi connectivity index (χ1v) is 7.27. The summed E-state index contributed by atoms with van der Waals surface area (Å²) in [4.78, 5) is 18.3. The Bertz CT molecular complexity index is 493. The van der Waals surface area contributed by atoms with Crippen LogP contribution in [0.4, 0.5) is 5.82 Å². The van der Waals surface area contributed by atoms with Crippen molar-refractivity contribution in [2.45, 2.75) is 44.9 Å². The van der Waals surface area contributed by atoms with Gasteiger partial charge in [-0.2, -0.15) is 0 Å². The Morgan fingerprint density at radius 3 is 2.58 bits per heavy atom. The zero-order chi connectivity index (χ0) is 13.2. The highest BCUT2D eigenvalue weighted by molar-refractivity contribution is 5.93. The zero-order valence-electron chi connectivity index (χ0n) is 11.2. The van der Waals surface area contributed by atoms with Crippen LogP contribution in [-0.4, -0.2) is 29.1 Å². The molecule has 0 atom stereocenters. The zero-order valence-corrected chi connectivity index (χ0v) is 11.2. The second-order valence-electron chi connectivity index (χ2n) is 5.53. The first-order valence-electron chi connectivity index (χ1n) is 7.27. The lowest BCUT2D eigenvalue weighted by Gasteiger charge is -2.30. The Kier molecular flexibility index (Phi) is 3.40. The fourth-order valence-electron chi connectivity index (χ4n) is 3.13. The third-order valence-corrected chi connectivity index (χ3v) is 4.17. The predicted molar refractivity (Wildman–Crippen MR) is 73.9 cm³/mol. The highest BCUT2D eigenvalue weighted by Crippen LogP contribution is 2.28. The number of nitrogens with zero attached hydrogens (tertiary/aromatic N) is 2. The summed E-state index contributed by atoms with van der Waals surface area (Å²) in [5.74, 6) is -0.144. The van der Waals surface area contributed by atoms with E-state index in [9.17, 15) is 9.90 Å². The van der Waals surface area contributed by atoms with Crippen LogP contribution in [0.5, 0.6) is 0 Å². The van der Waals surface area contributed by atoms with E-state index in [-0.39, 0.29) is 0 Å². The third-order valence-electron chi connectivity index (χ3n) is 4.17. The van der Waals surface area contributed by atoms with Crippen LogP contribution in [0.3, 0.4) is 0 Å². The van der Waals surface area contributed by atoms with E-state index in [2.05, 4.69) is 4.90 Å². The third kappa shape index (κ3) is 2.44. The van der Waals surface area contributed by atoms with E-state index in [1.165, 1.54) is 12.8 Å². The van der Waals surface area contributed by atoms with Crippen molar-refractivity contribution < 1.29 is 9.90 Å². The highest BCUT2D eigenvalue weighted by atomic mass is 16.4. The molecule has 1 aliphatic carbocycles. The van der Waals surface area contributed by atoms with Crippen molar-refractivity contribution in [3.63, 3.8) is 0 Å². The number of hydrogen-bond donors (Lipinski definition) is 1. The molecule has 0 spiro atoms. The molecule has 0 saturated carbocycles. The van der Waals surface area contributed by atoms with Gasteiger partial charge < -0.3 is 10.0 Å². The van der Waals surface area contributed by atoms with Crippen LogP contribution in [0.2, 0.25) is 0 Å². The average Bonchev–Trinajstić information content (AvgIpc) is 2.46. The van der Waals surface area contributed by atoms with Gasteiger partial charge in [-0.25, -0.2) is 9.78 Å². The van der Waals surface area contributed by atoms with E-state index in [0.29, 0.717) is 11.4 Å². The molecule has 1 saturated heterocycles. The maximum Gasteiger partial charge on any atom is 0.339 e. The molecular formula is C15H20N2O2. The lowest BCUT2D eigenvalue weighted by molar-refractivity contribution is 0.0697. The lowest BCUT2D eigenvalue weighted by Crippen LogP contribution is -2.32. The molecule has 0 aromatic carbocycles. The van der Waals surface area contributed by atoms with Crippen LogP contribution in [0.25, 0.3) is 0 Å². The van der Waals surface area contributed by atoms with Gasteiger partial charge in [0, 0.05) is 18.8 Å². The maximum absolute atomic E-state index is 11.5. The lowest BCUT2D eigenvalue weighted by atomic mass is 9.94. The monoisotopic (exact) mass is 260 g/mol. The van der Waals surface area contributed by atoms with Crippen LogP contribution in [0.15, 0.2) is 6.07 Å². The van der Waals surface area contributed by atoms with Crippen LogP contribution < -0.4 is 4.90 Å². The van der Waals surface area contributed by atoms with Crippen molar-refractivity contribution in [3.05, 3.63) is 22.9 Å². The first kappa shape index (κ1) is 12.5. The van der Waals surface area contributed by atoms with Crippen molar-refractivity contribution in [2.75, 3.05) is 18.0 Å². The number of aryl methyl sites for hydroxylation is 2. The highest BCUT2D eigenvalue weighted by Gasteiger charge is 2.23. The normalized spacial score (nSPS) is 19.1. The van der Waals surface area contributed by atoms with Crippen molar-refractivity contribution in [2.24, 2.45) is 0 Å². The van der Waals surface area contributed by atoms with Crippen LogP contribution in [0.1, 0.15) is 53.7 Å². The number of aromatic carboxylic acids is 1. The fraction of sp³-hybridized carbons (Fsp3) is 0.600. The summed E-state index contributed by atoms with van der Waals surface area (Å²) in [6.07, 6.45) is 7.81. The van der Waals surface area contributed by atoms with Gasteiger partial charge in [0.2, 0.25) is 0 Å². The molecule has 4 nitrogen and oxygen atoms in total. The molecule has 2 aliphatic rings. The molecule has 1 N–H and O–H groups in total. The summed E-state index contributed by atoms with van der Waals surface area (Å²) in [6, 6.07) is 1.87. The van der Waals surface area contributed by atoms with Crippen molar-refractivity contribution in [3.8, 4) is 0 Å². The molecule has 0 radical (unpaired) electrons. The smallest absolute Gasteiger partial charge is 0.339 e. The van der Waals surface area contributed by atoms with Crippen molar-refractivity contribution >= 4 is 11.8 Å². The summed E-state index contributed by atoms with van der Waals surface area (Å²) in [5.41, 5.74) is 2.66. The number of hydrogen-bond acceptors (Lipinski definition) is 3. The number of carbonyl (C=O) groups is 1. The van der Waals surface area contributed by atoms with E-state index in [1.54, 1.807) is 0 Å². The molecular weight excluding hydrogens is 240 g/mol. The number of anilines is 1. The van der Waals surface area contributed by atoms with Gasteiger partial charge in [-0.1, -0.05) is 0 Å². The number of rotatable bonds is 2. The van der Waals surface area contributed by atoms with Gasteiger partial charge in [0.25, 0.3) is 0 Å². The van der Waals surface area contributed by atoms with E-state index < -0.39 is 5.97 Å². The van der Waals surface area contributed by atoms with Gasteiger partial charge in [0.05, 0.1) is 0 Å². The van der Waals surface area contributed by atoms with Gasteiger partial charge in [-0.3, -0.25) is 0 Å². The quantitative estimate of drug-likeness (QED) is 0.888. The van der Waals surface area contributed by atoms with Gasteiger partial charge in [0.15, 0.2) is 0 Å². The summed E-state index contributed by atoms with van der Waals surface area (Å²) >= 11 is 0. The molecule has 0 amide bonds. The van der Waals surface area contributed by atoms with E-state index in [1.807, 2.05) is 6.07 Å². The molecule has 102 valence electrons. The molecule has 1 aromatic heterocycles. The predicted octanol–water partition coefficient (Wildman–Crippen LogP) is 2.65. The number of carboxylic acid groups (broad SMARTS) is 1. The number of pyridine rings is 1. The van der Waals surface area contributed by atoms with Crippen molar-refractivity contribution in [1.82, 2.24) is 4.98 Å². The van der Waals surface area contributed by atoms with Gasteiger partial charge in [0.1, 0.15) is 11.4 Å².